The first-order valence-electron chi connectivity index (χ1n) is 5.06. The van der Waals surface area contributed by atoms with Crippen molar-refractivity contribution < 1.29 is 9.59 Å². The Labute approximate surface area is 93.4 Å². The zero-order valence-electron chi connectivity index (χ0n) is 9.01. The molecular formula is C11H13N3O2. The van der Waals surface area contributed by atoms with Crippen molar-refractivity contribution in [3.05, 3.63) is 29.8 Å². The Kier molecular flexibility index (Phi) is 2.62. The number of urea groups is 1. The molecule has 0 radical (unpaired) electrons. The minimum absolute atomic E-state index is 0.260. The number of carbonyl (C=O) groups is 2. The van der Waals surface area contributed by atoms with Crippen molar-refractivity contribution in [2.45, 2.75) is 13.3 Å². The molecule has 0 atom stereocenters. The fraction of sp³-hybridized carbons (Fsp3) is 0.273. The first-order chi connectivity index (χ1) is 7.61. The second kappa shape index (κ2) is 3.94. The van der Waals surface area contributed by atoms with Gasteiger partial charge in [0.05, 0.1) is 0 Å². The molecule has 1 aromatic carbocycles. The van der Waals surface area contributed by atoms with Gasteiger partial charge < -0.3 is 0 Å². The molecule has 0 aliphatic carbocycles. The maximum Gasteiger partial charge on any atom is 0.345 e. The van der Waals surface area contributed by atoms with Crippen molar-refractivity contribution in [2.24, 2.45) is 5.84 Å². The summed E-state index contributed by atoms with van der Waals surface area (Å²) in [5, 5.41) is 0.677. The number of imide groups is 1. The summed E-state index contributed by atoms with van der Waals surface area (Å²) >= 11 is 0. The fourth-order valence-electron chi connectivity index (χ4n) is 1.75. The van der Waals surface area contributed by atoms with Gasteiger partial charge in [-0.1, -0.05) is 18.2 Å². The third-order valence-corrected chi connectivity index (χ3v) is 2.66. The van der Waals surface area contributed by atoms with Crippen LogP contribution in [0.25, 0.3) is 0 Å². The molecule has 0 saturated carbocycles. The Bertz CT molecular complexity index is 445. The van der Waals surface area contributed by atoms with E-state index in [2.05, 4.69) is 0 Å². The van der Waals surface area contributed by atoms with E-state index < -0.39 is 6.03 Å². The van der Waals surface area contributed by atoms with Crippen LogP contribution in [0.15, 0.2) is 24.3 Å². The topological polar surface area (TPSA) is 66.6 Å². The molecule has 0 bridgehead atoms. The van der Waals surface area contributed by atoms with Crippen LogP contribution < -0.4 is 10.7 Å². The maximum atomic E-state index is 11.8. The summed E-state index contributed by atoms with van der Waals surface area (Å²) in [4.78, 5) is 24.5. The predicted octanol–water partition coefficient (Wildman–Crippen LogP) is 1.03. The Hall–Kier alpha value is -1.88. The highest BCUT2D eigenvalue weighted by atomic mass is 16.2. The highest BCUT2D eigenvalue weighted by molar-refractivity contribution is 6.05. The molecule has 1 aliphatic heterocycles. The van der Waals surface area contributed by atoms with E-state index in [1.54, 1.807) is 0 Å². The first kappa shape index (κ1) is 10.6. The molecule has 3 amide bonds. The molecule has 1 heterocycles. The van der Waals surface area contributed by atoms with Gasteiger partial charge in [0.1, 0.15) is 0 Å². The number of benzene rings is 1. The van der Waals surface area contributed by atoms with Crippen LogP contribution in [-0.2, 0) is 4.79 Å². The largest absolute Gasteiger partial charge is 0.345 e. The number of hydrogen-bond donors (Lipinski definition) is 1. The summed E-state index contributed by atoms with van der Waals surface area (Å²) in [5.41, 5.74) is 1.79. The Morgan fingerprint density at radius 1 is 1.25 bits per heavy atom. The third kappa shape index (κ3) is 1.65. The van der Waals surface area contributed by atoms with Gasteiger partial charge in [0.25, 0.3) is 0 Å². The first-order valence-corrected chi connectivity index (χ1v) is 5.06. The zero-order valence-corrected chi connectivity index (χ0v) is 9.01. The second-order valence-electron chi connectivity index (χ2n) is 3.73. The molecule has 16 heavy (non-hydrogen) atoms. The van der Waals surface area contributed by atoms with Gasteiger partial charge in [0, 0.05) is 18.7 Å². The molecular weight excluding hydrogens is 206 g/mol. The van der Waals surface area contributed by atoms with Crippen LogP contribution in [0, 0.1) is 6.92 Å². The van der Waals surface area contributed by atoms with Crippen LogP contribution in [0.1, 0.15) is 12.0 Å². The fourth-order valence-corrected chi connectivity index (χ4v) is 1.75. The van der Waals surface area contributed by atoms with E-state index in [0.717, 1.165) is 11.3 Å². The van der Waals surface area contributed by atoms with Crippen LogP contribution in [0.2, 0.25) is 0 Å². The SMILES string of the molecule is Cc1ccccc1N1CCC(=O)N(N)C1=O. The highest BCUT2D eigenvalue weighted by Crippen LogP contribution is 2.22. The number of hydrazine groups is 1. The molecule has 5 nitrogen and oxygen atoms in total. The van der Waals surface area contributed by atoms with Crippen LogP contribution in [0.5, 0.6) is 0 Å². The van der Waals surface area contributed by atoms with Crippen molar-refractivity contribution in [1.29, 1.82) is 0 Å². The minimum Gasteiger partial charge on any atom is -0.292 e. The molecule has 1 aromatic rings. The monoisotopic (exact) mass is 219 g/mol. The normalized spacial score (nSPS) is 16.9. The van der Waals surface area contributed by atoms with Crippen molar-refractivity contribution in [3.8, 4) is 0 Å². The quantitative estimate of drug-likeness (QED) is 0.566. The number of carbonyl (C=O) groups excluding carboxylic acids is 2. The highest BCUT2D eigenvalue weighted by Gasteiger charge is 2.31. The van der Waals surface area contributed by atoms with Gasteiger partial charge in [-0.25, -0.2) is 10.6 Å². The minimum atomic E-state index is -0.467. The van der Waals surface area contributed by atoms with Crippen LogP contribution >= 0.6 is 0 Å². The van der Waals surface area contributed by atoms with E-state index in [4.69, 9.17) is 5.84 Å². The Morgan fingerprint density at radius 3 is 2.62 bits per heavy atom. The Balaban J connectivity index is 2.32. The summed E-state index contributed by atoms with van der Waals surface area (Å²) in [5.74, 6) is 5.05. The van der Waals surface area contributed by atoms with E-state index >= 15 is 0 Å². The smallest absolute Gasteiger partial charge is 0.292 e. The average Bonchev–Trinajstić information content (AvgIpc) is 2.28. The van der Waals surface area contributed by atoms with Gasteiger partial charge in [-0.2, -0.15) is 5.01 Å². The molecule has 0 unspecified atom stereocenters. The number of hydrogen-bond acceptors (Lipinski definition) is 3. The van der Waals surface area contributed by atoms with Crippen molar-refractivity contribution in [3.63, 3.8) is 0 Å². The maximum absolute atomic E-state index is 11.8. The summed E-state index contributed by atoms with van der Waals surface area (Å²) in [6, 6.07) is 7.05. The standard InChI is InChI=1S/C11H13N3O2/c1-8-4-2-3-5-9(8)13-7-6-10(15)14(12)11(13)16/h2-5H,6-7,12H2,1H3. The number of anilines is 1. The van der Waals surface area contributed by atoms with Crippen molar-refractivity contribution >= 4 is 17.6 Å². The van der Waals surface area contributed by atoms with Crippen LogP contribution in [-0.4, -0.2) is 23.5 Å². The molecule has 0 spiro atoms. The number of amides is 3. The molecule has 1 saturated heterocycles. The van der Waals surface area contributed by atoms with E-state index in [0.29, 0.717) is 11.6 Å². The lowest BCUT2D eigenvalue weighted by Gasteiger charge is -2.32. The van der Waals surface area contributed by atoms with E-state index in [1.165, 1.54) is 4.90 Å². The lowest BCUT2D eigenvalue weighted by Crippen LogP contribution is -2.55. The summed E-state index contributed by atoms with van der Waals surface area (Å²) < 4.78 is 0. The number of nitrogens with zero attached hydrogens (tertiary/aromatic N) is 2. The van der Waals surface area contributed by atoms with Gasteiger partial charge in [0.15, 0.2) is 0 Å². The van der Waals surface area contributed by atoms with Gasteiger partial charge in [-0.3, -0.25) is 9.69 Å². The molecule has 1 fully saturated rings. The zero-order chi connectivity index (χ0) is 11.7. The van der Waals surface area contributed by atoms with Gasteiger partial charge in [-0.05, 0) is 18.6 Å². The third-order valence-electron chi connectivity index (χ3n) is 2.66. The van der Waals surface area contributed by atoms with Gasteiger partial charge >= 0.3 is 6.03 Å². The van der Waals surface area contributed by atoms with Crippen LogP contribution in [0.4, 0.5) is 10.5 Å². The summed E-state index contributed by atoms with van der Waals surface area (Å²) in [6.07, 6.45) is 0.260. The number of aryl methyl sites for hydroxylation is 1. The molecule has 5 heteroatoms. The summed E-state index contributed by atoms with van der Waals surface area (Å²) in [6.45, 7) is 2.30. The van der Waals surface area contributed by atoms with E-state index in [1.807, 2.05) is 31.2 Å². The molecule has 1 aliphatic rings. The predicted molar refractivity (Wildman–Crippen MR) is 59.6 cm³/mol. The number of nitrogens with two attached hydrogens (primary N) is 1. The molecule has 84 valence electrons. The molecule has 0 aromatic heterocycles. The second-order valence-corrected chi connectivity index (χ2v) is 3.73. The van der Waals surface area contributed by atoms with Crippen molar-refractivity contribution in [1.82, 2.24) is 5.01 Å². The lowest BCUT2D eigenvalue weighted by molar-refractivity contribution is -0.129. The van der Waals surface area contributed by atoms with Gasteiger partial charge in [-0.15, -0.1) is 0 Å². The molecule has 2 rings (SSSR count). The summed E-state index contributed by atoms with van der Waals surface area (Å²) in [7, 11) is 0. The van der Waals surface area contributed by atoms with Crippen LogP contribution in [0.3, 0.4) is 0 Å². The van der Waals surface area contributed by atoms with E-state index in [-0.39, 0.29) is 12.3 Å². The van der Waals surface area contributed by atoms with Gasteiger partial charge in [0.2, 0.25) is 5.91 Å². The average molecular weight is 219 g/mol. The molecule has 2 N–H and O–H groups in total. The number of rotatable bonds is 1. The lowest BCUT2D eigenvalue weighted by atomic mass is 10.1. The number of para-hydroxylation sites is 1. The Morgan fingerprint density at radius 2 is 1.94 bits per heavy atom. The van der Waals surface area contributed by atoms with Crippen molar-refractivity contribution in [2.75, 3.05) is 11.4 Å². The van der Waals surface area contributed by atoms with E-state index in [9.17, 15) is 9.59 Å².